The summed E-state index contributed by atoms with van der Waals surface area (Å²) < 4.78 is 11.7. The first kappa shape index (κ1) is 17.2. The molecular formula is C23H22N2O3. The Morgan fingerprint density at radius 3 is 2.89 bits per heavy atom. The number of benzene rings is 2. The first-order valence-electron chi connectivity index (χ1n) is 9.66. The van der Waals surface area contributed by atoms with E-state index in [1.807, 2.05) is 47.4 Å². The molecule has 2 aliphatic rings. The zero-order valence-electron chi connectivity index (χ0n) is 15.9. The predicted octanol–water partition coefficient (Wildman–Crippen LogP) is 3.91. The summed E-state index contributed by atoms with van der Waals surface area (Å²) in [5, 5.41) is 1.86. The van der Waals surface area contributed by atoms with Crippen LogP contribution in [0.5, 0.6) is 5.88 Å². The molecule has 0 saturated carbocycles. The van der Waals surface area contributed by atoms with Gasteiger partial charge < -0.3 is 14.4 Å². The van der Waals surface area contributed by atoms with Gasteiger partial charge in [-0.15, -0.1) is 0 Å². The second kappa shape index (κ2) is 6.60. The SMILES string of the molecule is COc1nc(C(=O)N2CCCC3(C2)OCc2ccccc23)cc2ccccc12. The highest BCUT2D eigenvalue weighted by Crippen LogP contribution is 2.43. The van der Waals surface area contributed by atoms with Crippen LogP contribution in [-0.4, -0.2) is 36.0 Å². The molecule has 0 bridgehead atoms. The van der Waals surface area contributed by atoms with Crippen molar-refractivity contribution in [3.63, 3.8) is 0 Å². The smallest absolute Gasteiger partial charge is 0.272 e. The molecule has 2 aromatic carbocycles. The number of aromatic nitrogens is 1. The van der Waals surface area contributed by atoms with E-state index in [1.165, 1.54) is 11.1 Å². The Bertz CT molecular complexity index is 1060. The lowest BCUT2D eigenvalue weighted by Crippen LogP contribution is -2.48. The van der Waals surface area contributed by atoms with Gasteiger partial charge in [-0.1, -0.05) is 42.5 Å². The van der Waals surface area contributed by atoms with Gasteiger partial charge in [0.1, 0.15) is 11.3 Å². The average Bonchev–Trinajstić information content (AvgIpc) is 3.10. The predicted molar refractivity (Wildman–Crippen MR) is 106 cm³/mol. The maximum atomic E-state index is 13.3. The van der Waals surface area contributed by atoms with Crippen molar-refractivity contribution in [1.29, 1.82) is 0 Å². The molecule has 1 amide bonds. The standard InChI is InChI=1S/C23H22N2O3/c1-27-21-18-9-4-2-7-16(18)13-20(24-21)22(26)25-12-6-11-23(15-25)19-10-5-3-8-17(19)14-28-23/h2-5,7-10,13H,6,11-12,14-15H2,1H3. The van der Waals surface area contributed by atoms with Crippen LogP contribution < -0.4 is 4.74 Å². The summed E-state index contributed by atoms with van der Waals surface area (Å²) in [4.78, 5) is 19.7. The Labute approximate surface area is 163 Å². The van der Waals surface area contributed by atoms with E-state index in [2.05, 4.69) is 17.1 Å². The van der Waals surface area contributed by atoms with Gasteiger partial charge in [-0.05, 0) is 41.5 Å². The van der Waals surface area contributed by atoms with Gasteiger partial charge in [0.25, 0.3) is 5.91 Å². The number of amides is 1. The van der Waals surface area contributed by atoms with Crippen LogP contribution in [0.25, 0.3) is 10.8 Å². The number of carbonyl (C=O) groups excluding carboxylic acids is 1. The van der Waals surface area contributed by atoms with Crippen LogP contribution in [0.2, 0.25) is 0 Å². The summed E-state index contributed by atoms with van der Waals surface area (Å²) >= 11 is 0. The molecule has 5 nitrogen and oxygen atoms in total. The number of carbonyl (C=O) groups is 1. The van der Waals surface area contributed by atoms with Gasteiger partial charge >= 0.3 is 0 Å². The molecular weight excluding hydrogens is 352 g/mol. The highest BCUT2D eigenvalue weighted by Gasteiger charge is 2.44. The largest absolute Gasteiger partial charge is 0.481 e. The number of methoxy groups -OCH3 is 1. The molecule has 3 heterocycles. The Kier molecular flexibility index (Phi) is 4.05. The molecule has 3 aromatic rings. The second-order valence-corrected chi connectivity index (χ2v) is 7.51. The maximum absolute atomic E-state index is 13.3. The maximum Gasteiger partial charge on any atom is 0.272 e. The van der Waals surface area contributed by atoms with Gasteiger partial charge in [0.15, 0.2) is 0 Å². The molecule has 28 heavy (non-hydrogen) atoms. The summed E-state index contributed by atoms with van der Waals surface area (Å²) in [6.45, 7) is 1.88. The Morgan fingerprint density at radius 1 is 1.18 bits per heavy atom. The van der Waals surface area contributed by atoms with Crippen molar-refractivity contribution >= 4 is 16.7 Å². The molecule has 5 heteroatoms. The Balaban J connectivity index is 1.49. The molecule has 1 aromatic heterocycles. The second-order valence-electron chi connectivity index (χ2n) is 7.51. The number of fused-ring (bicyclic) bond motifs is 3. The van der Waals surface area contributed by atoms with Crippen molar-refractivity contribution in [3.05, 3.63) is 71.4 Å². The van der Waals surface area contributed by atoms with Crippen molar-refractivity contribution in [2.45, 2.75) is 25.0 Å². The van der Waals surface area contributed by atoms with Crippen molar-refractivity contribution in [1.82, 2.24) is 9.88 Å². The summed E-state index contributed by atoms with van der Waals surface area (Å²) in [5.74, 6) is 0.409. The van der Waals surface area contributed by atoms with E-state index in [9.17, 15) is 4.79 Å². The quantitative estimate of drug-likeness (QED) is 0.683. The minimum absolute atomic E-state index is 0.0730. The van der Waals surface area contributed by atoms with E-state index >= 15 is 0 Å². The van der Waals surface area contributed by atoms with Crippen molar-refractivity contribution in [2.75, 3.05) is 20.2 Å². The summed E-state index contributed by atoms with van der Waals surface area (Å²) in [7, 11) is 1.59. The highest BCUT2D eigenvalue weighted by atomic mass is 16.5. The number of nitrogens with zero attached hydrogens (tertiary/aromatic N) is 2. The first-order chi connectivity index (χ1) is 13.7. The van der Waals surface area contributed by atoms with E-state index < -0.39 is 5.60 Å². The molecule has 2 aliphatic heterocycles. The number of hydrogen-bond donors (Lipinski definition) is 0. The van der Waals surface area contributed by atoms with E-state index in [0.29, 0.717) is 31.3 Å². The van der Waals surface area contributed by atoms with Crippen LogP contribution in [0.4, 0.5) is 0 Å². The number of likely N-dealkylation sites (tertiary alicyclic amines) is 1. The molecule has 1 atom stereocenters. The lowest BCUT2D eigenvalue weighted by atomic mass is 9.85. The van der Waals surface area contributed by atoms with Crippen molar-refractivity contribution in [3.8, 4) is 5.88 Å². The van der Waals surface area contributed by atoms with E-state index in [1.54, 1.807) is 7.11 Å². The van der Waals surface area contributed by atoms with Crippen LogP contribution in [0, 0.1) is 0 Å². The van der Waals surface area contributed by atoms with Crippen molar-refractivity contribution < 1.29 is 14.3 Å². The lowest BCUT2D eigenvalue weighted by molar-refractivity contribution is -0.0786. The van der Waals surface area contributed by atoms with Crippen molar-refractivity contribution in [2.24, 2.45) is 0 Å². The minimum Gasteiger partial charge on any atom is -0.481 e. The van der Waals surface area contributed by atoms with Gasteiger partial charge in [-0.3, -0.25) is 4.79 Å². The molecule has 142 valence electrons. The third-order valence-corrected chi connectivity index (χ3v) is 5.87. The molecule has 1 fully saturated rings. The third-order valence-electron chi connectivity index (χ3n) is 5.87. The normalized spacial score (nSPS) is 21.1. The summed E-state index contributed by atoms with van der Waals surface area (Å²) in [5.41, 5.74) is 2.46. The van der Waals surface area contributed by atoms with Crippen LogP contribution in [0.15, 0.2) is 54.6 Å². The topological polar surface area (TPSA) is 51.7 Å². The molecule has 0 aliphatic carbocycles. The van der Waals surface area contributed by atoms with Crippen LogP contribution in [-0.2, 0) is 16.9 Å². The van der Waals surface area contributed by atoms with E-state index in [4.69, 9.17) is 9.47 Å². The zero-order chi connectivity index (χ0) is 19.1. The summed E-state index contributed by atoms with van der Waals surface area (Å²) in [6, 6.07) is 18.0. The first-order valence-corrected chi connectivity index (χ1v) is 9.66. The van der Waals surface area contributed by atoms with Crippen LogP contribution in [0.1, 0.15) is 34.5 Å². The molecule has 0 N–H and O–H groups in total. The number of rotatable bonds is 2. The van der Waals surface area contributed by atoms with E-state index in [-0.39, 0.29) is 5.91 Å². The lowest BCUT2D eigenvalue weighted by Gasteiger charge is -2.40. The number of piperidine rings is 1. The highest BCUT2D eigenvalue weighted by molar-refractivity contribution is 5.98. The summed E-state index contributed by atoms with van der Waals surface area (Å²) in [6.07, 6.45) is 1.84. The zero-order valence-corrected chi connectivity index (χ0v) is 15.9. The fourth-order valence-electron chi connectivity index (χ4n) is 4.51. The molecule has 1 saturated heterocycles. The third kappa shape index (κ3) is 2.66. The fourth-order valence-corrected chi connectivity index (χ4v) is 4.51. The van der Waals surface area contributed by atoms with Crippen LogP contribution in [0.3, 0.4) is 0 Å². The number of ether oxygens (including phenoxy) is 2. The molecule has 1 spiro atoms. The van der Waals surface area contributed by atoms with E-state index in [0.717, 1.165) is 23.6 Å². The average molecular weight is 374 g/mol. The monoisotopic (exact) mass is 374 g/mol. The molecule has 1 unspecified atom stereocenters. The van der Waals surface area contributed by atoms with Gasteiger partial charge in [-0.2, -0.15) is 0 Å². The van der Waals surface area contributed by atoms with Gasteiger partial charge in [0.05, 0.1) is 20.3 Å². The number of pyridine rings is 1. The molecule has 0 radical (unpaired) electrons. The van der Waals surface area contributed by atoms with Crippen LogP contribution >= 0.6 is 0 Å². The number of hydrogen-bond acceptors (Lipinski definition) is 4. The Hall–Kier alpha value is -2.92. The van der Waals surface area contributed by atoms with Gasteiger partial charge in [-0.25, -0.2) is 4.98 Å². The fraction of sp³-hybridized carbons (Fsp3) is 0.304. The van der Waals surface area contributed by atoms with Gasteiger partial charge in [0, 0.05) is 11.9 Å². The molecule has 5 rings (SSSR count). The minimum atomic E-state index is -0.397. The van der Waals surface area contributed by atoms with Gasteiger partial charge in [0.2, 0.25) is 5.88 Å². The Morgan fingerprint density at radius 2 is 2.00 bits per heavy atom.